The Morgan fingerprint density at radius 2 is 1.91 bits per heavy atom. The van der Waals surface area contributed by atoms with Crippen molar-refractivity contribution in [2.24, 2.45) is 0 Å². The van der Waals surface area contributed by atoms with Crippen LogP contribution in [-0.2, 0) is 17.3 Å². The molecule has 2 rings (SSSR count). The van der Waals surface area contributed by atoms with Gasteiger partial charge in [-0.05, 0) is 29.8 Å². The summed E-state index contributed by atoms with van der Waals surface area (Å²) in [6.45, 7) is 2.10. The largest absolute Gasteiger partial charge is 0.348 e. The number of benzene rings is 2. The lowest BCUT2D eigenvalue weighted by atomic mass is 10.2. The Labute approximate surface area is 142 Å². The van der Waals surface area contributed by atoms with Crippen molar-refractivity contribution in [1.29, 1.82) is 0 Å². The van der Waals surface area contributed by atoms with E-state index in [0.717, 1.165) is 5.56 Å². The highest BCUT2D eigenvalue weighted by atomic mass is 35.5. The van der Waals surface area contributed by atoms with Gasteiger partial charge >= 0.3 is 0 Å². The molecule has 6 heteroatoms. The maximum absolute atomic E-state index is 12.3. The van der Waals surface area contributed by atoms with Crippen LogP contribution in [0, 0.1) is 0 Å². The Balaban J connectivity index is 2.15. The topological polar surface area (TPSA) is 46.2 Å². The lowest BCUT2D eigenvalue weighted by molar-refractivity contribution is 0.0948. The third-order valence-corrected chi connectivity index (χ3v) is 5.05. The zero-order valence-electron chi connectivity index (χ0n) is 11.9. The number of hydrogen-bond acceptors (Lipinski definition) is 2. The van der Waals surface area contributed by atoms with E-state index in [1.54, 1.807) is 42.5 Å². The molecule has 0 spiro atoms. The standard InChI is InChI=1S/C16H15Cl2NO2S/c1-2-22(21)15-6-4-3-5-13(15)16(20)19-10-11-7-8-12(17)9-14(11)18/h3-9H,2,10H2,1H3,(H,19,20)/t22-/m1/s1. The normalized spacial score (nSPS) is 12.0. The maximum atomic E-state index is 12.3. The first-order chi connectivity index (χ1) is 10.5. The van der Waals surface area contributed by atoms with Gasteiger partial charge in [-0.3, -0.25) is 9.00 Å². The van der Waals surface area contributed by atoms with E-state index in [2.05, 4.69) is 5.32 Å². The Kier molecular flexibility index (Phi) is 6.00. The van der Waals surface area contributed by atoms with Crippen molar-refractivity contribution in [3.8, 4) is 0 Å². The molecule has 22 heavy (non-hydrogen) atoms. The average Bonchev–Trinajstić information content (AvgIpc) is 2.53. The van der Waals surface area contributed by atoms with Gasteiger partial charge in [-0.2, -0.15) is 0 Å². The van der Waals surface area contributed by atoms with E-state index in [-0.39, 0.29) is 12.5 Å². The first-order valence-corrected chi connectivity index (χ1v) is 8.80. The summed E-state index contributed by atoms with van der Waals surface area (Å²) in [6.07, 6.45) is 0. The molecule has 0 radical (unpaired) electrons. The van der Waals surface area contributed by atoms with Gasteiger partial charge in [0.15, 0.2) is 0 Å². The highest BCUT2D eigenvalue weighted by molar-refractivity contribution is 7.85. The molecule has 0 aliphatic carbocycles. The second-order valence-corrected chi connectivity index (χ2v) is 7.10. The van der Waals surface area contributed by atoms with Crippen LogP contribution in [0.3, 0.4) is 0 Å². The molecule has 0 aliphatic rings. The minimum Gasteiger partial charge on any atom is -0.348 e. The van der Waals surface area contributed by atoms with Crippen LogP contribution in [-0.4, -0.2) is 15.9 Å². The molecule has 116 valence electrons. The molecule has 0 aromatic heterocycles. The number of amides is 1. The lowest BCUT2D eigenvalue weighted by Crippen LogP contribution is -2.24. The SMILES string of the molecule is CC[S@@](=O)c1ccccc1C(=O)NCc1ccc(Cl)cc1Cl. The van der Waals surface area contributed by atoms with Crippen molar-refractivity contribution in [3.63, 3.8) is 0 Å². The highest BCUT2D eigenvalue weighted by Gasteiger charge is 2.14. The summed E-state index contributed by atoms with van der Waals surface area (Å²) in [7, 11) is -1.18. The van der Waals surface area contributed by atoms with Gasteiger partial charge in [0.25, 0.3) is 5.91 Å². The lowest BCUT2D eigenvalue weighted by Gasteiger charge is -2.10. The van der Waals surface area contributed by atoms with Gasteiger partial charge in [-0.15, -0.1) is 0 Å². The van der Waals surface area contributed by atoms with E-state index in [1.165, 1.54) is 0 Å². The third-order valence-electron chi connectivity index (χ3n) is 3.09. The van der Waals surface area contributed by atoms with Crippen LogP contribution in [0.1, 0.15) is 22.8 Å². The van der Waals surface area contributed by atoms with Crippen LogP contribution >= 0.6 is 23.2 Å². The summed E-state index contributed by atoms with van der Waals surface area (Å²) in [4.78, 5) is 12.9. The van der Waals surface area contributed by atoms with Crippen molar-refractivity contribution in [2.75, 3.05) is 5.75 Å². The van der Waals surface area contributed by atoms with E-state index in [1.807, 2.05) is 6.92 Å². The van der Waals surface area contributed by atoms with Crippen LogP contribution in [0.5, 0.6) is 0 Å². The quantitative estimate of drug-likeness (QED) is 0.879. The van der Waals surface area contributed by atoms with Gasteiger partial charge < -0.3 is 5.32 Å². The zero-order chi connectivity index (χ0) is 16.1. The molecule has 1 amide bonds. The second-order valence-electron chi connectivity index (χ2n) is 4.55. The molecule has 0 aliphatic heterocycles. The fourth-order valence-corrected chi connectivity index (χ4v) is 3.37. The first kappa shape index (κ1) is 17.0. The molecule has 0 fully saturated rings. The van der Waals surface area contributed by atoms with Gasteiger partial charge in [-0.25, -0.2) is 0 Å². The highest BCUT2D eigenvalue weighted by Crippen LogP contribution is 2.21. The van der Waals surface area contributed by atoms with Gasteiger partial charge in [0.05, 0.1) is 21.3 Å². The second kappa shape index (κ2) is 7.77. The molecular formula is C16H15Cl2NO2S. The van der Waals surface area contributed by atoms with Crippen LogP contribution in [0.2, 0.25) is 10.0 Å². The fraction of sp³-hybridized carbons (Fsp3) is 0.188. The molecule has 0 heterocycles. The Bertz CT molecular complexity index is 719. The third kappa shape index (κ3) is 4.09. The minimum atomic E-state index is -1.18. The molecule has 2 aromatic carbocycles. The maximum Gasteiger partial charge on any atom is 0.252 e. The summed E-state index contributed by atoms with van der Waals surface area (Å²) in [5.41, 5.74) is 1.20. The van der Waals surface area contributed by atoms with E-state index in [4.69, 9.17) is 23.2 Å². The number of carbonyl (C=O) groups excluding carboxylic acids is 1. The Morgan fingerprint density at radius 1 is 1.18 bits per heavy atom. The summed E-state index contributed by atoms with van der Waals surface area (Å²) < 4.78 is 12.0. The van der Waals surface area contributed by atoms with Crippen LogP contribution in [0.25, 0.3) is 0 Å². The van der Waals surface area contributed by atoms with E-state index in [0.29, 0.717) is 26.3 Å². The predicted octanol–water partition coefficient (Wildman–Crippen LogP) is 4.05. The number of nitrogens with one attached hydrogen (secondary N) is 1. The number of halogens is 2. The summed E-state index contributed by atoms with van der Waals surface area (Å²) >= 11 is 11.9. The molecule has 1 atom stereocenters. The van der Waals surface area contributed by atoms with Gasteiger partial charge in [-0.1, -0.05) is 48.3 Å². The average molecular weight is 356 g/mol. The molecule has 0 bridgehead atoms. The molecular weight excluding hydrogens is 341 g/mol. The summed E-state index contributed by atoms with van der Waals surface area (Å²) in [5, 5.41) is 3.84. The van der Waals surface area contributed by atoms with Gasteiger partial charge in [0, 0.05) is 22.3 Å². The van der Waals surface area contributed by atoms with Gasteiger partial charge in [0.2, 0.25) is 0 Å². The van der Waals surface area contributed by atoms with Crippen molar-refractivity contribution in [3.05, 3.63) is 63.6 Å². The molecule has 0 unspecified atom stereocenters. The number of rotatable bonds is 5. The van der Waals surface area contributed by atoms with E-state index >= 15 is 0 Å². The monoisotopic (exact) mass is 355 g/mol. The van der Waals surface area contributed by atoms with Crippen LogP contribution in [0.15, 0.2) is 47.4 Å². The summed E-state index contributed by atoms with van der Waals surface area (Å²) in [6, 6.07) is 12.0. The van der Waals surface area contributed by atoms with Crippen LogP contribution < -0.4 is 5.32 Å². The first-order valence-electron chi connectivity index (χ1n) is 6.72. The molecule has 0 saturated heterocycles. The van der Waals surface area contributed by atoms with E-state index in [9.17, 15) is 9.00 Å². The summed E-state index contributed by atoms with van der Waals surface area (Å²) in [5.74, 6) is 0.191. The van der Waals surface area contributed by atoms with Crippen molar-refractivity contribution < 1.29 is 9.00 Å². The number of hydrogen-bond donors (Lipinski definition) is 1. The van der Waals surface area contributed by atoms with Crippen molar-refractivity contribution >= 4 is 39.9 Å². The Morgan fingerprint density at radius 3 is 2.59 bits per heavy atom. The minimum absolute atomic E-state index is 0.275. The Hall–Kier alpha value is -1.36. The molecule has 2 aromatic rings. The smallest absolute Gasteiger partial charge is 0.252 e. The van der Waals surface area contributed by atoms with Crippen LogP contribution in [0.4, 0.5) is 0 Å². The molecule has 3 nitrogen and oxygen atoms in total. The van der Waals surface area contributed by atoms with Crippen molar-refractivity contribution in [2.45, 2.75) is 18.4 Å². The molecule has 1 N–H and O–H groups in total. The van der Waals surface area contributed by atoms with Crippen molar-refractivity contribution in [1.82, 2.24) is 5.32 Å². The van der Waals surface area contributed by atoms with E-state index < -0.39 is 10.8 Å². The zero-order valence-corrected chi connectivity index (χ0v) is 14.3. The molecule has 0 saturated carbocycles. The number of carbonyl (C=O) groups is 1. The predicted molar refractivity (Wildman–Crippen MR) is 91.0 cm³/mol. The fourth-order valence-electron chi connectivity index (χ4n) is 1.94. The van der Waals surface area contributed by atoms with Gasteiger partial charge in [0.1, 0.15) is 0 Å².